The van der Waals surface area contributed by atoms with Gasteiger partial charge in [0.25, 0.3) is 5.91 Å². The van der Waals surface area contributed by atoms with Crippen molar-refractivity contribution in [3.05, 3.63) is 29.8 Å². The highest BCUT2D eigenvalue weighted by Gasteiger charge is 2.23. The summed E-state index contributed by atoms with van der Waals surface area (Å²) < 4.78 is 4.87. The van der Waals surface area contributed by atoms with Gasteiger partial charge < -0.3 is 20.7 Å². The predicted molar refractivity (Wildman–Crippen MR) is 75.8 cm³/mol. The zero-order valence-corrected chi connectivity index (χ0v) is 11.4. The number of amides is 3. The first-order valence-corrected chi connectivity index (χ1v) is 6.64. The van der Waals surface area contributed by atoms with Crippen LogP contribution in [0.2, 0.25) is 0 Å². The maximum absolute atomic E-state index is 11.9. The van der Waals surface area contributed by atoms with E-state index in [1.807, 2.05) is 0 Å². The SMILES string of the molecule is COCCNC(=O)c1cccc(NC(=O)NC2CC2)c1. The highest BCUT2D eigenvalue weighted by molar-refractivity contribution is 5.96. The first kappa shape index (κ1) is 14.3. The number of urea groups is 1. The summed E-state index contributed by atoms with van der Waals surface area (Å²) in [5.74, 6) is -0.187. The number of hydrogen-bond donors (Lipinski definition) is 3. The van der Waals surface area contributed by atoms with Crippen LogP contribution in [0.1, 0.15) is 23.2 Å². The van der Waals surface area contributed by atoms with Gasteiger partial charge in [-0.25, -0.2) is 4.79 Å². The Bertz CT molecular complexity index is 486. The Kier molecular flexibility index (Phi) is 4.95. The molecule has 1 aliphatic carbocycles. The van der Waals surface area contributed by atoms with E-state index in [4.69, 9.17) is 4.74 Å². The second-order valence-electron chi connectivity index (χ2n) is 4.70. The zero-order valence-electron chi connectivity index (χ0n) is 11.4. The average Bonchev–Trinajstić information content (AvgIpc) is 3.23. The molecule has 0 heterocycles. The highest BCUT2D eigenvalue weighted by Crippen LogP contribution is 2.19. The molecule has 6 nitrogen and oxygen atoms in total. The van der Waals surface area contributed by atoms with E-state index < -0.39 is 0 Å². The number of carbonyl (C=O) groups is 2. The number of methoxy groups -OCH3 is 1. The van der Waals surface area contributed by atoms with Crippen molar-refractivity contribution in [3.8, 4) is 0 Å². The van der Waals surface area contributed by atoms with Gasteiger partial charge in [0.05, 0.1) is 6.61 Å². The third kappa shape index (κ3) is 4.55. The van der Waals surface area contributed by atoms with Crippen LogP contribution in [0.4, 0.5) is 10.5 Å². The maximum atomic E-state index is 11.9. The lowest BCUT2D eigenvalue weighted by Gasteiger charge is -2.09. The Morgan fingerprint density at radius 2 is 2.15 bits per heavy atom. The number of benzene rings is 1. The van der Waals surface area contributed by atoms with Gasteiger partial charge in [0, 0.05) is 30.9 Å². The van der Waals surface area contributed by atoms with Gasteiger partial charge in [-0.2, -0.15) is 0 Å². The van der Waals surface area contributed by atoms with Crippen LogP contribution in [0.3, 0.4) is 0 Å². The van der Waals surface area contributed by atoms with Crippen LogP contribution in [0.15, 0.2) is 24.3 Å². The lowest BCUT2D eigenvalue weighted by atomic mass is 10.2. The lowest BCUT2D eigenvalue weighted by molar-refractivity contribution is 0.0937. The van der Waals surface area contributed by atoms with Crippen LogP contribution in [-0.4, -0.2) is 38.2 Å². The largest absolute Gasteiger partial charge is 0.383 e. The van der Waals surface area contributed by atoms with Crippen molar-refractivity contribution in [3.63, 3.8) is 0 Å². The van der Waals surface area contributed by atoms with Crippen molar-refractivity contribution in [2.24, 2.45) is 0 Å². The van der Waals surface area contributed by atoms with Crippen molar-refractivity contribution in [2.45, 2.75) is 18.9 Å². The molecule has 1 saturated carbocycles. The fraction of sp³-hybridized carbons (Fsp3) is 0.429. The molecule has 0 bridgehead atoms. The summed E-state index contributed by atoms with van der Waals surface area (Å²) >= 11 is 0. The molecule has 0 spiro atoms. The fourth-order valence-corrected chi connectivity index (χ4v) is 1.69. The molecule has 1 fully saturated rings. The molecule has 0 saturated heterocycles. The lowest BCUT2D eigenvalue weighted by Crippen LogP contribution is -2.30. The molecule has 3 amide bonds. The number of hydrogen-bond acceptors (Lipinski definition) is 3. The van der Waals surface area contributed by atoms with Crippen molar-refractivity contribution in [1.29, 1.82) is 0 Å². The summed E-state index contributed by atoms with van der Waals surface area (Å²) in [4.78, 5) is 23.5. The Morgan fingerprint density at radius 1 is 1.35 bits per heavy atom. The Hall–Kier alpha value is -2.08. The second-order valence-corrected chi connectivity index (χ2v) is 4.70. The van der Waals surface area contributed by atoms with E-state index in [-0.39, 0.29) is 11.9 Å². The van der Waals surface area contributed by atoms with Crippen molar-refractivity contribution >= 4 is 17.6 Å². The quantitative estimate of drug-likeness (QED) is 0.687. The van der Waals surface area contributed by atoms with Gasteiger partial charge >= 0.3 is 6.03 Å². The molecule has 0 aliphatic heterocycles. The number of ether oxygens (including phenoxy) is 1. The van der Waals surface area contributed by atoms with E-state index in [2.05, 4.69) is 16.0 Å². The molecule has 0 radical (unpaired) electrons. The Labute approximate surface area is 117 Å². The van der Waals surface area contributed by atoms with E-state index in [0.717, 1.165) is 12.8 Å². The second kappa shape index (κ2) is 6.91. The van der Waals surface area contributed by atoms with Crippen molar-refractivity contribution in [1.82, 2.24) is 10.6 Å². The van der Waals surface area contributed by atoms with Crippen LogP contribution in [0.5, 0.6) is 0 Å². The summed E-state index contributed by atoms with van der Waals surface area (Å²) in [6, 6.07) is 6.90. The van der Waals surface area contributed by atoms with E-state index in [1.54, 1.807) is 31.4 Å². The minimum Gasteiger partial charge on any atom is -0.383 e. The van der Waals surface area contributed by atoms with Crippen LogP contribution in [0, 0.1) is 0 Å². The molecule has 108 valence electrons. The number of rotatable bonds is 6. The Morgan fingerprint density at radius 3 is 2.85 bits per heavy atom. The minimum atomic E-state index is -0.232. The molecule has 1 aliphatic rings. The third-order valence-electron chi connectivity index (χ3n) is 2.89. The molecule has 0 aromatic heterocycles. The summed E-state index contributed by atoms with van der Waals surface area (Å²) in [7, 11) is 1.58. The number of anilines is 1. The first-order chi connectivity index (χ1) is 9.69. The Balaban J connectivity index is 1.89. The number of nitrogens with one attached hydrogen (secondary N) is 3. The number of carbonyl (C=O) groups excluding carboxylic acids is 2. The van der Waals surface area contributed by atoms with Gasteiger partial charge in [0.15, 0.2) is 0 Å². The van der Waals surface area contributed by atoms with E-state index in [0.29, 0.717) is 30.4 Å². The minimum absolute atomic E-state index is 0.187. The standard InChI is InChI=1S/C14H19N3O3/c1-20-8-7-15-13(18)10-3-2-4-12(9-10)17-14(19)16-11-5-6-11/h2-4,9,11H,5-8H2,1H3,(H,15,18)(H2,16,17,19). The molecule has 0 unspecified atom stereocenters. The van der Waals surface area contributed by atoms with E-state index >= 15 is 0 Å². The third-order valence-corrected chi connectivity index (χ3v) is 2.89. The fourth-order valence-electron chi connectivity index (χ4n) is 1.69. The molecule has 6 heteroatoms. The van der Waals surface area contributed by atoms with Gasteiger partial charge in [0.2, 0.25) is 0 Å². The van der Waals surface area contributed by atoms with Crippen LogP contribution in [0.25, 0.3) is 0 Å². The molecule has 2 rings (SSSR count). The molecule has 1 aromatic carbocycles. The van der Waals surface area contributed by atoms with Crippen LogP contribution >= 0.6 is 0 Å². The normalized spacial score (nSPS) is 13.7. The summed E-state index contributed by atoms with van der Waals surface area (Å²) in [6.07, 6.45) is 2.07. The average molecular weight is 277 g/mol. The summed E-state index contributed by atoms with van der Waals surface area (Å²) in [5, 5.41) is 8.28. The van der Waals surface area contributed by atoms with E-state index in [1.165, 1.54) is 0 Å². The van der Waals surface area contributed by atoms with Gasteiger partial charge in [0.1, 0.15) is 0 Å². The smallest absolute Gasteiger partial charge is 0.319 e. The van der Waals surface area contributed by atoms with Gasteiger partial charge in [-0.1, -0.05) is 6.07 Å². The van der Waals surface area contributed by atoms with Gasteiger partial charge in [-0.15, -0.1) is 0 Å². The molecule has 3 N–H and O–H groups in total. The first-order valence-electron chi connectivity index (χ1n) is 6.64. The molecular formula is C14H19N3O3. The molecule has 1 aromatic rings. The summed E-state index contributed by atoms with van der Waals surface area (Å²) in [6.45, 7) is 0.919. The van der Waals surface area contributed by atoms with Crippen LogP contribution in [-0.2, 0) is 4.74 Å². The van der Waals surface area contributed by atoms with Crippen molar-refractivity contribution in [2.75, 3.05) is 25.6 Å². The maximum Gasteiger partial charge on any atom is 0.319 e. The monoisotopic (exact) mass is 277 g/mol. The van der Waals surface area contributed by atoms with Crippen LogP contribution < -0.4 is 16.0 Å². The molecular weight excluding hydrogens is 258 g/mol. The van der Waals surface area contributed by atoms with Gasteiger partial charge in [-0.3, -0.25) is 4.79 Å². The van der Waals surface area contributed by atoms with Crippen molar-refractivity contribution < 1.29 is 14.3 Å². The topological polar surface area (TPSA) is 79.5 Å². The van der Waals surface area contributed by atoms with E-state index in [9.17, 15) is 9.59 Å². The molecule has 0 atom stereocenters. The highest BCUT2D eigenvalue weighted by atomic mass is 16.5. The zero-order chi connectivity index (χ0) is 14.4. The predicted octanol–water partition coefficient (Wildman–Crippen LogP) is 1.35. The summed E-state index contributed by atoms with van der Waals surface area (Å²) in [5.41, 5.74) is 1.10. The van der Waals surface area contributed by atoms with Gasteiger partial charge in [-0.05, 0) is 31.0 Å². The molecule has 20 heavy (non-hydrogen) atoms.